The van der Waals surface area contributed by atoms with Crippen LogP contribution in [0.5, 0.6) is 5.75 Å². The van der Waals surface area contributed by atoms with Crippen molar-refractivity contribution in [1.29, 1.82) is 0 Å². The second-order valence-corrected chi connectivity index (χ2v) is 3.73. The third-order valence-electron chi connectivity index (χ3n) is 2.09. The highest BCUT2D eigenvalue weighted by Gasteiger charge is 2.05. The molecular weight excluding hydrogens is 214 g/mol. The Hall–Kier alpha value is -1.06. The molecule has 0 saturated carbocycles. The number of benzene rings is 1. The SMILES string of the molecule is COc1ccc(CN(C)CC=O)c(Cl)c1. The van der Waals surface area contributed by atoms with E-state index in [-0.39, 0.29) is 0 Å². The number of nitrogens with zero attached hydrogens (tertiary/aromatic N) is 1. The molecule has 1 rings (SSSR count). The molecule has 3 nitrogen and oxygen atoms in total. The average Bonchev–Trinajstić information content (AvgIpc) is 2.21. The van der Waals surface area contributed by atoms with Crippen LogP contribution in [0.25, 0.3) is 0 Å². The normalized spacial score (nSPS) is 10.4. The first-order chi connectivity index (χ1) is 7.17. The fourth-order valence-electron chi connectivity index (χ4n) is 1.27. The fourth-order valence-corrected chi connectivity index (χ4v) is 1.50. The van der Waals surface area contributed by atoms with Crippen LogP contribution in [0.4, 0.5) is 0 Å². The number of hydrogen-bond donors (Lipinski definition) is 0. The zero-order valence-corrected chi connectivity index (χ0v) is 9.62. The van der Waals surface area contributed by atoms with E-state index in [9.17, 15) is 4.79 Å². The average molecular weight is 228 g/mol. The van der Waals surface area contributed by atoms with Gasteiger partial charge in [-0.25, -0.2) is 0 Å². The third kappa shape index (κ3) is 3.53. The van der Waals surface area contributed by atoms with Crippen LogP contribution in [-0.2, 0) is 11.3 Å². The molecule has 0 aliphatic heterocycles. The first-order valence-corrected chi connectivity index (χ1v) is 4.99. The monoisotopic (exact) mass is 227 g/mol. The van der Waals surface area contributed by atoms with Crippen LogP contribution in [0.1, 0.15) is 5.56 Å². The molecule has 82 valence electrons. The van der Waals surface area contributed by atoms with E-state index in [1.807, 2.05) is 24.1 Å². The van der Waals surface area contributed by atoms with Gasteiger partial charge in [-0.15, -0.1) is 0 Å². The van der Waals surface area contributed by atoms with Crippen molar-refractivity contribution in [3.8, 4) is 5.75 Å². The molecule has 0 amide bonds. The van der Waals surface area contributed by atoms with Gasteiger partial charge in [-0.2, -0.15) is 0 Å². The van der Waals surface area contributed by atoms with E-state index in [0.717, 1.165) is 17.6 Å². The molecule has 0 fully saturated rings. The molecular formula is C11H14ClNO2. The Morgan fingerprint density at radius 3 is 2.80 bits per heavy atom. The molecule has 0 aliphatic carbocycles. The molecule has 15 heavy (non-hydrogen) atoms. The van der Waals surface area contributed by atoms with Crippen LogP contribution in [0, 0.1) is 0 Å². The minimum atomic E-state index is 0.405. The largest absolute Gasteiger partial charge is 0.497 e. The topological polar surface area (TPSA) is 29.5 Å². The van der Waals surface area contributed by atoms with E-state index < -0.39 is 0 Å². The molecule has 4 heteroatoms. The summed E-state index contributed by atoms with van der Waals surface area (Å²) in [7, 11) is 3.47. The highest BCUT2D eigenvalue weighted by atomic mass is 35.5. The maximum absolute atomic E-state index is 10.3. The Morgan fingerprint density at radius 2 is 2.27 bits per heavy atom. The molecule has 0 atom stereocenters. The Labute approximate surface area is 94.6 Å². The van der Waals surface area contributed by atoms with Crippen molar-refractivity contribution in [3.05, 3.63) is 28.8 Å². The van der Waals surface area contributed by atoms with E-state index in [4.69, 9.17) is 16.3 Å². The lowest BCUT2D eigenvalue weighted by atomic mass is 10.2. The van der Waals surface area contributed by atoms with Gasteiger partial charge < -0.3 is 9.53 Å². The van der Waals surface area contributed by atoms with Crippen molar-refractivity contribution in [2.75, 3.05) is 20.7 Å². The smallest absolute Gasteiger partial charge is 0.133 e. The molecule has 0 heterocycles. The quantitative estimate of drug-likeness (QED) is 0.721. The van der Waals surface area contributed by atoms with Gasteiger partial charge in [0, 0.05) is 11.6 Å². The summed E-state index contributed by atoms with van der Waals surface area (Å²) in [4.78, 5) is 12.2. The number of hydrogen-bond acceptors (Lipinski definition) is 3. The van der Waals surface area contributed by atoms with Gasteiger partial charge >= 0.3 is 0 Å². The number of halogens is 1. The molecule has 0 bridgehead atoms. The van der Waals surface area contributed by atoms with Gasteiger partial charge in [-0.05, 0) is 24.7 Å². The summed E-state index contributed by atoms with van der Waals surface area (Å²) in [5.41, 5.74) is 0.988. The van der Waals surface area contributed by atoms with Crippen molar-refractivity contribution in [3.63, 3.8) is 0 Å². The molecule has 0 aliphatic rings. The van der Waals surface area contributed by atoms with Gasteiger partial charge in [0.1, 0.15) is 12.0 Å². The van der Waals surface area contributed by atoms with Crippen molar-refractivity contribution >= 4 is 17.9 Å². The highest BCUT2D eigenvalue weighted by molar-refractivity contribution is 6.31. The van der Waals surface area contributed by atoms with Crippen LogP contribution < -0.4 is 4.74 Å². The lowest BCUT2D eigenvalue weighted by Gasteiger charge is -2.14. The summed E-state index contributed by atoms with van der Waals surface area (Å²) in [5, 5.41) is 0.659. The van der Waals surface area contributed by atoms with Gasteiger partial charge in [-0.3, -0.25) is 4.90 Å². The zero-order chi connectivity index (χ0) is 11.3. The summed E-state index contributed by atoms with van der Waals surface area (Å²) >= 11 is 6.06. The van der Waals surface area contributed by atoms with Gasteiger partial charge in [0.05, 0.1) is 13.7 Å². The molecule has 0 N–H and O–H groups in total. The number of carbonyl (C=O) groups excluding carboxylic acids is 1. The summed E-state index contributed by atoms with van der Waals surface area (Å²) in [6, 6.07) is 5.53. The number of likely N-dealkylation sites (N-methyl/N-ethyl adjacent to an activating group) is 1. The summed E-state index contributed by atoms with van der Waals surface area (Å²) < 4.78 is 5.05. The van der Waals surface area contributed by atoms with E-state index in [2.05, 4.69) is 0 Å². The zero-order valence-electron chi connectivity index (χ0n) is 8.87. The van der Waals surface area contributed by atoms with E-state index in [0.29, 0.717) is 18.1 Å². The van der Waals surface area contributed by atoms with Crippen LogP contribution in [0.15, 0.2) is 18.2 Å². The van der Waals surface area contributed by atoms with E-state index >= 15 is 0 Å². The molecule has 1 aromatic carbocycles. The molecule has 0 unspecified atom stereocenters. The second-order valence-electron chi connectivity index (χ2n) is 3.32. The van der Waals surface area contributed by atoms with Gasteiger partial charge in [0.25, 0.3) is 0 Å². The Balaban J connectivity index is 2.73. The maximum Gasteiger partial charge on any atom is 0.133 e. The maximum atomic E-state index is 10.3. The predicted molar refractivity (Wildman–Crippen MR) is 60.4 cm³/mol. The summed E-state index contributed by atoms with van der Waals surface area (Å²) in [5.74, 6) is 0.738. The number of carbonyl (C=O) groups is 1. The van der Waals surface area contributed by atoms with Crippen molar-refractivity contribution < 1.29 is 9.53 Å². The van der Waals surface area contributed by atoms with Gasteiger partial charge in [-0.1, -0.05) is 17.7 Å². The minimum absolute atomic E-state index is 0.405. The fraction of sp³-hybridized carbons (Fsp3) is 0.364. The van der Waals surface area contributed by atoms with Crippen LogP contribution in [-0.4, -0.2) is 31.9 Å². The molecule has 1 aromatic rings. The lowest BCUT2D eigenvalue weighted by molar-refractivity contribution is -0.108. The second kappa shape index (κ2) is 5.73. The van der Waals surface area contributed by atoms with Crippen LogP contribution in [0.2, 0.25) is 5.02 Å². The van der Waals surface area contributed by atoms with Crippen LogP contribution in [0.3, 0.4) is 0 Å². The molecule has 0 radical (unpaired) electrons. The first-order valence-electron chi connectivity index (χ1n) is 4.62. The Kier molecular flexibility index (Phi) is 4.59. The standard InChI is InChI=1S/C11H14ClNO2/c1-13(5-6-14)8-9-3-4-10(15-2)7-11(9)12/h3-4,6-7H,5,8H2,1-2H3. The molecule has 0 aromatic heterocycles. The summed E-state index contributed by atoms with van der Waals surface area (Å²) in [6.07, 6.45) is 0.872. The number of rotatable bonds is 5. The van der Waals surface area contributed by atoms with E-state index in [1.165, 1.54) is 0 Å². The van der Waals surface area contributed by atoms with Gasteiger partial charge in [0.2, 0.25) is 0 Å². The highest BCUT2D eigenvalue weighted by Crippen LogP contribution is 2.23. The number of aldehydes is 1. The van der Waals surface area contributed by atoms with E-state index in [1.54, 1.807) is 13.2 Å². The molecule has 0 spiro atoms. The minimum Gasteiger partial charge on any atom is -0.497 e. The number of ether oxygens (including phenoxy) is 1. The van der Waals surface area contributed by atoms with Crippen molar-refractivity contribution in [2.24, 2.45) is 0 Å². The van der Waals surface area contributed by atoms with Gasteiger partial charge in [0.15, 0.2) is 0 Å². The summed E-state index contributed by atoms with van der Waals surface area (Å²) in [6.45, 7) is 1.06. The predicted octanol–water partition coefficient (Wildman–Crippen LogP) is 1.98. The van der Waals surface area contributed by atoms with Crippen molar-refractivity contribution in [2.45, 2.75) is 6.54 Å². The van der Waals surface area contributed by atoms with Crippen molar-refractivity contribution in [1.82, 2.24) is 4.90 Å². The third-order valence-corrected chi connectivity index (χ3v) is 2.44. The van der Waals surface area contributed by atoms with Crippen LogP contribution >= 0.6 is 11.6 Å². The first kappa shape index (κ1) is 12.0. The molecule has 0 saturated heterocycles. The lowest BCUT2D eigenvalue weighted by Crippen LogP contribution is -2.19. The Morgan fingerprint density at radius 1 is 1.53 bits per heavy atom. The Bertz CT molecular complexity index is 341. The number of methoxy groups -OCH3 is 1.